The summed E-state index contributed by atoms with van der Waals surface area (Å²) >= 11 is 0. The summed E-state index contributed by atoms with van der Waals surface area (Å²) in [6, 6.07) is 2.68. The number of aliphatic hydroxyl groups is 1. The van der Waals surface area contributed by atoms with Crippen LogP contribution in [0.1, 0.15) is 24.9 Å². The quantitative estimate of drug-likeness (QED) is 0.640. The van der Waals surface area contributed by atoms with E-state index in [0.29, 0.717) is 25.1 Å². The molecule has 0 bridgehead atoms. The van der Waals surface area contributed by atoms with E-state index in [9.17, 15) is 13.6 Å². The lowest BCUT2D eigenvalue weighted by Crippen LogP contribution is -2.37. The fourth-order valence-electron chi connectivity index (χ4n) is 1.66. The molecule has 5 nitrogen and oxygen atoms in total. The van der Waals surface area contributed by atoms with Gasteiger partial charge < -0.3 is 20.5 Å². The van der Waals surface area contributed by atoms with E-state index in [1.54, 1.807) is 6.92 Å². The Morgan fingerprint density at radius 2 is 2.10 bits per heavy atom. The molecule has 0 aliphatic rings. The summed E-state index contributed by atoms with van der Waals surface area (Å²) in [6.45, 7) is 2.79. The number of rotatable bonds is 8. The van der Waals surface area contributed by atoms with Crippen LogP contribution in [0.3, 0.4) is 0 Å². The number of hydrogen-bond donors (Lipinski definition) is 3. The number of carbonyl (C=O) groups excluding carboxylic acids is 1. The van der Waals surface area contributed by atoms with Crippen LogP contribution in [0, 0.1) is 11.6 Å². The first-order valence-electron chi connectivity index (χ1n) is 6.72. The maximum atomic E-state index is 13.1. The molecule has 0 radical (unpaired) electrons. The van der Waals surface area contributed by atoms with E-state index in [-0.39, 0.29) is 13.2 Å². The Hall–Kier alpha value is -1.73. The second-order valence-corrected chi connectivity index (χ2v) is 4.49. The van der Waals surface area contributed by atoms with Gasteiger partial charge in [-0.3, -0.25) is 0 Å². The Kier molecular flexibility index (Phi) is 7.63. The molecule has 1 aromatic rings. The lowest BCUT2D eigenvalue weighted by Gasteiger charge is -2.15. The van der Waals surface area contributed by atoms with E-state index in [1.165, 1.54) is 6.07 Å². The third kappa shape index (κ3) is 6.50. The lowest BCUT2D eigenvalue weighted by atomic mass is 10.1. The Balaban J connectivity index is 2.28. The molecule has 1 rings (SSSR count). The van der Waals surface area contributed by atoms with Crippen LogP contribution in [0.5, 0.6) is 0 Å². The summed E-state index contributed by atoms with van der Waals surface area (Å²) in [5.74, 6) is -1.86. The maximum absolute atomic E-state index is 13.1. The van der Waals surface area contributed by atoms with Crippen molar-refractivity contribution in [3.8, 4) is 0 Å². The average molecular weight is 302 g/mol. The smallest absolute Gasteiger partial charge is 0.315 e. The number of halogens is 2. The van der Waals surface area contributed by atoms with Crippen molar-refractivity contribution >= 4 is 6.03 Å². The van der Waals surface area contributed by atoms with Crippen molar-refractivity contribution in [2.45, 2.75) is 19.4 Å². The number of hydrogen-bond acceptors (Lipinski definition) is 3. The first-order chi connectivity index (χ1) is 10.0. The Labute approximate surface area is 122 Å². The van der Waals surface area contributed by atoms with Crippen molar-refractivity contribution < 1.29 is 23.4 Å². The fourth-order valence-corrected chi connectivity index (χ4v) is 1.66. The van der Waals surface area contributed by atoms with Crippen molar-refractivity contribution in [1.82, 2.24) is 10.6 Å². The molecule has 21 heavy (non-hydrogen) atoms. The minimum Gasteiger partial charge on any atom is -0.394 e. The van der Waals surface area contributed by atoms with E-state index in [4.69, 9.17) is 9.84 Å². The van der Waals surface area contributed by atoms with Gasteiger partial charge in [0.05, 0.1) is 19.3 Å². The van der Waals surface area contributed by atoms with Crippen LogP contribution in [0.15, 0.2) is 18.2 Å². The Morgan fingerprint density at radius 3 is 2.76 bits per heavy atom. The normalized spacial score (nSPS) is 12.0. The third-order valence-electron chi connectivity index (χ3n) is 2.78. The van der Waals surface area contributed by atoms with Crippen molar-refractivity contribution in [2.75, 3.05) is 26.4 Å². The monoisotopic (exact) mass is 302 g/mol. The summed E-state index contributed by atoms with van der Waals surface area (Å²) in [5.41, 5.74) is 0.482. The molecule has 3 N–H and O–H groups in total. The van der Waals surface area contributed by atoms with Gasteiger partial charge in [-0.2, -0.15) is 0 Å². The fraction of sp³-hybridized carbons (Fsp3) is 0.500. The number of ether oxygens (including phenoxy) is 1. The molecule has 0 aliphatic heterocycles. The number of benzene rings is 1. The zero-order chi connectivity index (χ0) is 15.7. The van der Waals surface area contributed by atoms with Gasteiger partial charge in [0.1, 0.15) is 0 Å². The molecule has 2 amide bonds. The van der Waals surface area contributed by atoms with Crippen LogP contribution < -0.4 is 10.6 Å². The molecule has 7 heteroatoms. The molecule has 1 unspecified atom stereocenters. The summed E-state index contributed by atoms with van der Waals surface area (Å²) in [7, 11) is 0. The van der Waals surface area contributed by atoms with Crippen LogP contribution >= 0.6 is 0 Å². The molecular weight excluding hydrogens is 282 g/mol. The van der Waals surface area contributed by atoms with Gasteiger partial charge in [0.25, 0.3) is 0 Å². The van der Waals surface area contributed by atoms with Crippen molar-refractivity contribution in [3.05, 3.63) is 35.4 Å². The van der Waals surface area contributed by atoms with E-state index in [2.05, 4.69) is 10.6 Å². The molecule has 0 heterocycles. The second-order valence-electron chi connectivity index (χ2n) is 4.49. The van der Waals surface area contributed by atoms with Crippen molar-refractivity contribution in [3.63, 3.8) is 0 Å². The summed E-state index contributed by atoms with van der Waals surface area (Å²) < 4.78 is 30.9. The predicted molar refractivity (Wildman–Crippen MR) is 73.8 cm³/mol. The third-order valence-corrected chi connectivity index (χ3v) is 2.78. The Bertz CT molecular complexity index is 458. The van der Waals surface area contributed by atoms with E-state index in [0.717, 1.165) is 12.1 Å². The molecule has 0 spiro atoms. The number of carbonyl (C=O) groups is 1. The lowest BCUT2D eigenvalue weighted by molar-refractivity contribution is 0.0909. The van der Waals surface area contributed by atoms with E-state index >= 15 is 0 Å². The number of urea groups is 1. The molecule has 1 aromatic carbocycles. The topological polar surface area (TPSA) is 70.6 Å². The molecule has 0 fully saturated rings. The van der Waals surface area contributed by atoms with Gasteiger partial charge in [-0.25, -0.2) is 13.6 Å². The van der Waals surface area contributed by atoms with Gasteiger partial charge in [-0.15, -0.1) is 0 Å². The highest BCUT2D eigenvalue weighted by Crippen LogP contribution is 2.15. The summed E-state index contributed by atoms with van der Waals surface area (Å²) in [6.07, 6.45) is 0.618. The molecular formula is C14H20F2N2O3. The average Bonchev–Trinajstić information content (AvgIpc) is 2.45. The van der Waals surface area contributed by atoms with Gasteiger partial charge in [-0.1, -0.05) is 6.07 Å². The van der Waals surface area contributed by atoms with E-state index in [1.807, 2.05) is 0 Å². The Morgan fingerprint density at radius 1 is 1.33 bits per heavy atom. The van der Waals surface area contributed by atoms with Crippen LogP contribution in [0.25, 0.3) is 0 Å². The number of amides is 2. The zero-order valence-corrected chi connectivity index (χ0v) is 11.9. The van der Waals surface area contributed by atoms with Crippen LogP contribution in [-0.2, 0) is 4.74 Å². The van der Waals surface area contributed by atoms with Gasteiger partial charge in [0.2, 0.25) is 0 Å². The van der Waals surface area contributed by atoms with Gasteiger partial charge >= 0.3 is 6.03 Å². The van der Waals surface area contributed by atoms with Gasteiger partial charge in [-0.05, 0) is 31.0 Å². The van der Waals surface area contributed by atoms with Gasteiger partial charge in [0.15, 0.2) is 11.6 Å². The predicted octanol–water partition coefficient (Wildman–Crippen LogP) is 1.72. The first kappa shape index (κ1) is 17.3. The number of aliphatic hydroxyl groups excluding tert-OH is 1. The maximum Gasteiger partial charge on any atom is 0.315 e. The second kappa shape index (κ2) is 9.25. The first-order valence-corrected chi connectivity index (χ1v) is 6.72. The molecule has 0 saturated heterocycles. The summed E-state index contributed by atoms with van der Waals surface area (Å²) in [5, 5.41) is 13.8. The van der Waals surface area contributed by atoms with Crippen LogP contribution in [0.2, 0.25) is 0 Å². The highest BCUT2D eigenvalue weighted by Gasteiger charge is 2.11. The zero-order valence-electron chi connectivity index (χ0n) is 11.9. The van der Waals surface area contributed by atoms with Crippen LogP contribution in [-0.4, -0.2) is 37.5 Å². The molecule has 118 valence electrons. The minimum atomic E-state index is -0.942. The molecule has 1 atom stereocenters. The number of nitrogens with one attached hydrogen (secondary N) is 2. The minimum absolute atomic E-state index is 0.0281. The van der Waals surface area contributed by atoms with Gasteiger partial charge in [0, 0.05) is 13.2 Å². The molecule has 0 aromatic heterocycles. The standard InChI is InChI=1S/C14H20F2N2O3/c1-10(11-3-4-12(15)13(16)9-11)18-14(20)17-5-2-7-21-8-6-19/h3-4,9-10,19H,2,5-8H2,1H3,(H2,17,18,20). The molecule has 0 aliphatic carbocycles. The summed E-state index contributed by atoms with van der Waals surface area (Å²) in [4.78, 5) is 11.6. The largest absolute Gasteiger partial charge is 0.394 e. The SMILES string of the molecule is CC(NC(=O)NCCCOCCO)c1ccc(F)c(F)c1. The highest BCUT2D eigenvalue weighted by molar-refractivity contribution is 5.74. The molecule has 0 saturated carbocycles. The highest BCUT2D eigenvalue weighted by atomic mass is 19.2. The van der Waals surface area contributed by atoms with Crippen molar-refractivity contribution in [1.29, 1.82) is 0 Å². The van der Waals surface area contributed by atoms with E-state index < -0.39 is 23.7 Å². The van der Waals surface area contributed by atoms with Crippen LogP contribution in [0.4, 0.5) is 13.6 Å². The van der Waals surface area contributed by atoms with Crippen molar-refractivity contribution in [2.24, 2.45) is 0 Å².